The summed E-state index contributed by atoms with van der Waals surface area (Å²) in [6.45, 7) is -0.402. The van der Waals surface area contributed by atoms with Gasteiger partial charge in [0.2, 0.25) is 0 Å². The average molecular weight is 327 g/mol. The Bertz CT molecular complexity index is 628. The summed E-state index contributed by atoms with van der Waals surface area (Å²) < 4.78 is 33.0. The second kappa shape index (κ2) is 5.92. The number of fused-ring (bicyclic) bond motifs is 1. The van der Waals surface area contributed by atoms with Crippen LogP contribution in [0.1, 0.15) is 12.0 Å². The molecule has 2 heterocycles. The lowest BCUT2D eigenvalue weighted by molar-refractivity contribution is -0.0620. The number of hydrogen-bond acceptors (Lipinski definition) is 6. The van der Waals surface area contributed by atoms with Crippen LogP contribution in [0.25, 0.3) is 0 Å². The average Bonchev–Trinajstić information content (AvgIpc) is 2.54. The predicted molar refractivity (Wildman–Crippen MR) is 81.4 cm³/mol. The van der Waals surface area contributed by atoms with Crippen LogP contribution < -0.4 is 5.73 Å². The van der Waals surface area contributed by atoms with Gasteiger partial charge < -0.3 is 10.5 Å². The summed E-state index contributed by atoms with van der Waals surface area (Å²) in [6.07, 6.45) is -0.475. The molecule has 1 fully saturated rings. The molecule has 2 N–H and O–H groups in total. The first kappa shape index (κ1) is 15.4. The van der Waals surface area contributed by atoms with Crippen LogP contribution in [-0.4, -0.2) is 30.3 Å². The third-order valence-electron chi connectivity index (χ3n) is 4.18. The second-order valence-electron chi connectivity index (χ2n) is 5.45. The van der Waals surface area contributed by atoms with Crippen molar-refractivity contribution >= 4 is 22.6 Å². The number of aliphatic imine (C=N–C) groups is 1. The van der Waals surface area contributed by atoms with E-state index in [0.717, 1.165) is 0 Å². The summed E-state index contributed by atoms with van der Waals surface area (Å²) in [6, 6.07) is 3.86. The minimum atomic E-state index is -1.00. The highest BCUT2D eigenvalue weighted by Crippen LogP contribution is 2.48. The topological polar surface area (TPSA) is 77.0 Å². The van der Waals surface area contributed by atoms with Crippen LogP contribution >= 0.6 is 11.8 Å². The van der Waals surface area contributed by atoms with E-state index < -0.39 is 24.1 Å². The van der Waals surface area contributed by atoms with Crippen molar-refractivity contribution in [2.75, 3.05) is 19.0 Å². The highest BCUT2D eigenvalue weighted by Gasteiger charge is 2.49. The number of thioether (sulfide) groups is 1. The minimum absolute atomic E-state index is 0.111. The molecule has 22 heavy (non-hydrogen) atoms. The smallest absolute Gasteiger partial charge is 0.154 e. The highest BCUT2D eigenvalue weighted by molar-refractivity contribution is 8.13. The molecule has 2 aliphatic heterocycles. The van der Waals surface area contributed by atoms with Crippen molar-refractivity contribution in [1.82, 2.24) is 0 Å². The van der Waals surface area contributed by atoms with Crippen molar-refractivity contribution in [2.45, 2.75) is 18.1 Å². The molecule has 118 valence electrons. The molecule has 1 saturated heterocycles. The monoisotopic (exact) mass is 327 g/mol. The van der Waals surface area contributed by atoms with Crippen LogP contribution in [-0.2, 0) is 10.3 Å². The molecule has 0 radical (unpaired) electrons. The summed E-state index contributed by atoms with van der Waals surface area (Å²) in [4.78, 5) is 15.2. The quantitative estimate of drug-likeness (QED) is 0.866. The van der Waals surface area contributed by atoms with Crippen molar-refractivity contribution < 1.29 is 13.5 Å². The van der Waals surface area contributed by atoms with Crippen molar-refractivity contribution in [3.63, 3.8) is 0 Å². The largest absolute Gasteiger partial charge is 0.379 e. The number of amidine groups is 1. The van der Waals surface area contributed by atoms with Crippen molar-refractivity contribution in [2.24, 2.45) is 21.8 Å². The maximum absolute atomic E-state index is 14.4. The fourth-order valence-corrected chi connectivity index (χ4v) is 4.06. The van der Waals surface area contributed by atoms with Crippen LogP contribution in [0.2, 0.25) is 0 Å². The Kier molecular flexibility index (Phi) is 4.14. The first-order valence-corrected chi connectivity index (χ1v) is 7.86. The fraction of sp³-hybridized carbons (Fsp3) is 0.500. The second-order valence-corrected chi connectivity index (χ2v) is 6.49. The Hall–Kier alpha value is -1.54. The van der Waals surface area contributed by atoms with E-state index >= 15 is 0 Å². The zero-order valence-electron chi connectivity index (χ0n) is 11.7. The van der Waals surface area contributed by atoms with Gasteiger partial charge in [-0.3, -0.25) is 4.99 Å². The SMILES string of the molecule is NC1=N[C@@]2(c3cc(N=O)ccc3F)C[C@H](CF)OC[C@H]2CS1. The number of rotatable bonds is 3. The number of nitrogens with zero attached hydrogens (tertiary/aromatic N) is 2. The molecule has 5 nitrogen and oxygen atoms in total. The van der Waals surface area contributed by atoms with E-state index in [-0.39, 0.29) is 30.2 Å². The van der Waals surface area contributed by atoms with Gasteiger partial charge in [-0.1, -0.05) is 11.8 Å². The standard InChI is InChI=1S/C14H15F2N3O2S/c15-5-10-4-14(8(6-21-10)7-22-13(17)18-14)11-3-9(19-20)1-2-12(11)16/h1-3,8,10H,4-7H2,(H2,17,18)/t8-,10+,14-/m0/s1. The molecule has 1 aromatic carbocycles. The molecule has 0 spiro atoms. The van der Waals surface area contributed by atoms with Crippen molar-refractivity contribution in [3.05, 3.63) is 34.5 Å². The summed E-state index contributed by atoms with van der Waals surface area (Å²) in [5.74, 6) is -0.0312. The normalized spacial score (nSPS) is 31.3. The van der Waals surface area contributed by atoms with E-state index in [4.69, 9.17) is 10.5 Å². The zero-order valence-corrected chi connectivity index (χ0v) is 12.5. The Morgan fingerprint density at radius 2 is 2.36 bits per heavy atom. The maximum atomic E-state index is 14.4. The highest BCUT2D eigenvalue weighted by atomic mass is 32.2. The molecule has 0 aromatic heterocycles. The van der Waals surface area contributed by atoms with E-state index in [0.29, 0.717) is 10.9 Å². The zero-order chi connectivity index (χ0) is 15.7. The number of nitrogens with two attached hydrogens (primary N) is 1. The van der Waals surface area contributed by atoms with Gasteiger partial charge in [-0.25, -0.2) is 8.78 Å². The third kappa shape index (κ3) is 2.50. The van der Waals surface area contributed by atoms with Crippen LogP contribution in [0.15, 0.2) is 28.4 Å². The van der Waals surface area contributed by atoms with Gasteiger partial charge in [-0.15, -0.1) is 4.91 Å². The fourth-order valence-electron chi connectivity index (χ4n) is 3.09. The number of nitroso groups, excluding NO2 is 1. The van der Waals surface area contributed by atoms with Gasteiger partial charge in [-0.2, -0.15) is 0 Å². The third-order valence-corrected chi connectivity index (χ3v) is 5.14. The van der Waals surface area contributed by atoms with E-state index in [1.54, 1.807) is 0 Å². The van der Waals surface area contributed by atoms with Gasteiger partial charge in [0.15, 0.2) is 5.17 Å². The molecular weight excluding hydrogens is 312 g/mol. The number of ether oxygens (including phenoxy) is 1. The van der Waals surface area contributed by atoms with Gasteiger partial charge in [0, 0.05) is 23.7 Å². The summed E-state index contributed by atoms with van der Waals surface area (Å²) in [7, 11) is 0. The Balaban J connectivity index is 2.15. The summed E-state index contributed by atoms with van der Waals surface area (Å²) >= 11 is 1.37. The molecule has 0 aliphatic carbocycles. The van der Waals surface area contributed by atoms with Crippen LogP contribution in [0.5, 0.6) is 0 Å². The molecule has 1 aromatic rings. The summed E-state index contributed by atoms with van der Waals surface area (Å²) in [5, 5.41) is 3.19. The van der Waals surface area contributed by atoms with E-state index in [1.165, 1.54) is 30.0 Å². The lowest BCUT2D eigenvalue weighted by atomic mass is 9.73. The molecule has 8 heteroatoms. The van der Waals surface area contributed by atoms with Gasteiger partial charge in [0.05, 0.1) is 18.2 Å². The van der Waals surface area contributed by atoms with E-state index in [9.17, 15) is 13.7 Å². The molecule has 0 amide bonds. The molecule has 3 atom stereocenters. The minimum Gasteiger partial charge on any atom is -0.379 e. The predicted octanol–water partition coefficient (Wildman–Crippen LogP) is 2.86. The van der Waals surface area contributed by atoms with Crippen LogP contribution in [0.4, 0.5) is 14.5 Å². The maximum Gasteiger partial charge on any atom is 0.154 e. The lowest BCUT2D eigenvalue weighted by Gasteiger charge is -2.46. The van der Waals surface area contributed by atoms with Crippen LogP contribution in [0, 0.1) is 16.6 Å². The molecular formula is C14H15F2N3O2S. The lowest BCUT2D eigenvalue weighted by Crippen LogP contribution is -2.50. The first-order valence-electron chi connectivity index (χ1n) is 6.88. The Labute approximate surface area is 130 Å². The number of benzene rings is 1. The molecule has 0 saturated carbocycles. The molecule has 3 rings (SSSR count). The van der Waals surface area contributed by atoms with Gasteiger partial charge >= 0.3 is 0 Å². The van der Waals surface area contributed by atoms with Gasteiger partial charge in [0.25, 0.3) is 0 Å². The van der Waals surface area contributed by atoms with E-state index in [1.807, 2.05) is 0 Å². The first-order chi connectivity index (χ1) is 10.6. The van der Waals surface area contributed by atoms with E-state index in [2.05, 4.69) is 10.2 Å². The number of hydrogen-bond donors (Lipinski definition) is 1. The number of halogens is 2. The van der Waals surface area contributed by atoms with Crippen molar-refractivity contribution in [3.8, 4) is 0 Å². The Morgan fingerprint density at radius 1 is 1.55 bits per heavy atom. The van der Waals surface area contributed by atoms with Gasteiger partial charge in [0.1, 0.15) is 18.2 Å². The van der Waals surface area contributed by atoms with Gasteiger partial charge in [-0.05, 0) is 23.4 Å². The summed E-state index contributed by atoms with van der Waals surface area (Å²) in [5.41, 5.74) is 5.18. The van der Waals surface area contributed by atoms with Crippen LogP contribution in [0.3, 0.4) is 0 Å². The number of alkyl halides is 1. The molecule has 2 aliphatic rings. The van der Waals surface area contributed by atoms with Crippen molar-refractivity contribution in [1.29, 1.82) is 0 Å². The molecule has 0 bridgehead atoms. The Morgan fingerprint density at radius 3 is 3.09 bits per heavy atom. The molecule has 0 unspecified atom stereocenters.